The molecule has 0 saturated carbocycles. The number of hydrogen-bond donors (Lipinski definition) is 7. The summed E-state index contributed by atoms with van der Waals surface area (Å²) in [5, 5.41) is 21.4. The van der Waals surface area contributed by atoms with Crippen LogP contribution >= 0.6 is 0 Å². The number of nitrogens with two attached hydrogens (primary N) is 1. The largest absolute Gasteiger partial charge is 0.392 e. The van der Waals surface area contributed by atoms with Crippen molar-refractivity contribution in [3.63, 3.8) is 0 Å². The lowest BCUT2D eigenvalue weighted by Crippen LogP contribution is -2.51. The van der Waals surface area contributed by atoms with Gasteiger partial charge in [0.1, 0.15) is 6.04 Å². The van der Waals surface area contributed by atoms with Gasteiger partial charge < -0.3 is 37.4 Å². The molecule has 0 bridgehead atoms. The molecule has 0 saturated heterocycles. The van der Waals surface area contributed by atoms with E-state index in [1.807, 2.05) is 0 Å². The number of carbonyl (C=O) groups is 5. The van der Waals surface area contributed by atoms with Crippen molar-refractivity contribution in [3.05, 3.63) is 0 Å². The van der Waals surface area contributed by atoms with E-state index in [0.717, 1.165) is 0 Å². The predicted octanol–water partition coefficient (Wildman–Crippen LogP) is -3.92. The zero-order valence-corrected chi connectivity index (χ0v) is 16.2. The van der Waals surface area contributed by atoms with E-state index in [2.05, 4.69) is 26.6 Å². The molecule has 2 atom stereocenters. The van der Waals surface area contributed by atoms with Crippen LogP contribution in [0.1, 0.15) is 26.7 Å². The van der Waals surface area contributed by atoms with Crippen LogP contribution in [0.25, 0.3) is 0 Å². The third kappa shape index (κ3) is 13.5. The van der Waals surface area contributed by atoms with Gasteiger partial charge in [-0.05, 0) is 20.3 Å². The topological polar surface area (TPSA) is 192 Å². The molecule has 0 aromatic carbocycles. The average Bonchev–Trinajstić information content (AvgIpc) is 2.61. The Hall–Kier alpha value is -2.73. The molecule has 28 heavy (non-hydrogen) atoms. The van der Waals surface area contributed by atoms with Gasteiger partial charge >= 0.3 is 0 Å². The smallest absolute Gasteiger partial charge is 0.243 e. The summed E-state index contributed by atoms with van der Waals surface area (Å²) < 4.78 is 0. The van der Waals surface area contributed by atoms with Gasteiger partial charge in [0.2, 0.25) is 29.5 Å². The van der Waals surface area contributed by atoms with Crippen molar-refractivity contribution in [1.82, 2.24) is 26.6 Å². The van der Waals surface area contributed by atoms with Crippen molar-refractivity contribution < 1.29 is 29.1 Å². The van der Waals surface area contributed by atoms with E-state index in [1.165, 1.54) is 0 Å². The minimum absolute atomic E-state index is 0.0494. The van der Waals surface area contributed by atoms with Crippen molar-refractivity contribution in [2.24, 2.45) is 5.73 Å². The molecule has 0 aromatic heterocycles. The van der Waals surface area contributed by atoms with Crippen LogP contribution in [-0.2, 0) is 24.0 Å². The van der Waals surface area contributed by atoms with Gasteiger partial charge in [-0.1, -0.05) is 0 Å². The van der Waals surface area contributed by atoms with Crippen LogP contribution < -0.4 is 32.3 Å². The molecule has 0 radical (unpaired) electrons. The molecule has 0 fully saturated rings. The molecule has 0 rings (SSSR count). The van der Waals surface area contributed by atoms with E-state index >= 15 is 0 Å². The van der Waals surface area contributed by atoms with Crippen molar-refractivity contribution in [3.8, 4) is 0 Å². The van der Waals surface area contributed by atoms with Crippen LogP contribution in [0.3, 0.4) is 0 Å². The van der Waals surface area contributed by atoms with Gasteiger partial charge in [-0.15, -0.1) is 0 Å². The number of amides is 5. The maximum Gasteiger partial charge on any atom is 0.243 e. The highest BCUT2D eigenvalue weighted by atomic mass is 16.3. The Kier molecular flexibility index (Phi) is 12.9. The van der Waals surface area contributed by atoms with Crippen LogP contribution in [0.15, 0.2) is 0 Å². The van der Waals surface area contributed by atoms with E-state index in [1.54, 1.807) is 13.8 Å². The third-order valence-corrected chi connectivity index (χ3v) is 3.30. The molecule has 12 nitrogen and oxygen atoms in total. The minimum Gasteiger partial charge on any atom is -0.392 e. The lowest BCUT2D eigenvalue weighted by Gasteiger charge is -2.18. The Morgan fingerprint density at radius 3 is 2.11 bits per heavy atom. The Morgan fingerprint density at radius 2 is 1.54 bits per heavy atom. The van der Waals surface area contributed by atoms with E-state index in [9.17, 15) is 24.0 Å². The van der Waals surface area contributed by atoms with E-state index in [4.69, 9.17) is 10.8 Å². The Morgan fingerprint density at radius 1 is 0.929 bits per heavy atom. The van der Waals surface area contributed by atoms with Crippen LogP contribution in [0, 0.1) is 0 Å². The fraction of sp³-hybridized carbons (Fsp3) is 0.688. The van der Waals surface area contributed by atoms with Gasteiger partial charge in [-0.3, -0.25) is 24.0 Å². The van der Waals surface area contributed by atoms with Crippen molar-refractivity contribution in [1.29, 1.82) is 0 Å². The summed E-state index contributed by atoms with van der Waals surface area (Å²) >= 11 is 0. The number of likely N-dealkylation sites (N-methyl/N-ethyl adjacent to an activating group) is 1. The molecule has 8 N–H and O–H groups in total. The maximum atomic E-state index is 12.2. The van der Waals surface area contributed by atoms with E-state index < -0.39 is 41.7 Å². The molecule has 0 aliphatic carbocycles. The number of primary amides is 1. The minimum atomic E-state index is -1.08. The summed E-state index contributed by atoms with van der Waals surface area (Å²) in [6.07, 6.45) is -0.804. The fourth-order valence-electron chi connectivity index (χ4n) is 1.99. The normalized spacial score (nSPS) is 12.4. The zero-order valence-electron chi connectivity index (χ0n) is 16.2. The Bertz CT molecular complexity index is 554. The molecule has 5 amide bonds. The second-order valence-corrected chi connectivity index (χ2v) is 6.05. The molecular formula is C16H30N6O6. The summed E-state index contributed by atoms with van der Waals surface area (Å²) in [5.41, 5.74) is 5.07. The summed E-state index contributed by atoms with van der Waals surface area (Å²) in [7, 11) is 0. The fourth-order valence-corrected chi connectivity index (χ4v) is 1.99. The highest BCUT2D eigenvalue weighted by molar-refractivity contribution is 5.92. The first kappa shape index (κ1) is 25.3. The number of hydrogen-bond acceptors (Lipinski definition) is 7. The monoisotopic (exact) mass is 402 g/mol. The number of aliphatic hydroxyl groups excluding tert-OH is 1. The summed E-state index contributed by atoms with van der Waals surface area (Å²) in [6, 6.07) is -1.08. The Labute approximate surface area is 163 Å². The zero-order chi connectivity index (χ0) is 21.5. The molecule has 12 heteroatoms. The lowest BCUT2D eigenvalue weighted by atomic mass is 10.1. The van der Waals surface area contributed by atoms with Gasteiger partial charge in [-0.25, -0.2) is 0 Å². The second-order valence-electron chi connectivity index (χ2n) is 6.05. The molecule has 2 unspecified atom stereocenters. The van der Waals surface area contributed by atoms with Crippen LogP contribution in [0.4, 0.5) is 0 Å². The van der Waals surface area contributed by atoms with E-state index in [-0.39, 0.29) is 39.0 Å². The Balaban J connectivity index is 4.49. The van der Waals surface area contributed by atoms with Crippen LogP contribution in [0.5, 0.6) is 0 Å². The third-order valence-electron chi connectivity index (χ3n) is 3.30. The standard InChI is InChI=1S/C16H30N6O6/c1-3-19-14(26)8-21-16(28)11(4-5-12(17)24)22-15(27)9-20-13(25)7-18-6-10(2)23/h10-11,18,23H,3-9H2,1-2H3,(H2,17,24)(H,19,26)(H,20,25)(H,21,28)(H,22,27). The molecule has 0 aliphatic rings. The van der Waals surface area contributed by atoms with Crippen molar-refractivity contribution in [2.45, 2.75) is 38.8 Å². The molecule has 0 aromatic rings. The van der Waals surface area contributed by atoms with Gasteiger partial charge in [0.15, 0.2) is 0 Å². The number of aliphatic hydroxyl groups is 1. The quantitative estimate of drug-likeness (QED) is 0.154. The second kappa shape index (κ2) is 14.3. The van der Waals surface area contributed by atoms with Gasteiger partial charge in [0.25, 0.3) is 0 Å². The van der Waals surface area contributed by atoms with Crippen LogP contribution in [-0.4, -0.2) is 79.5 Å². The number of nitrogens with one attached hydrogen (secondary N) is 5. The van der Waals surface area contributed by atoms with Gasteiger partial charge in [0, 0.05) is 19.5 Å². The van der Waals surface area contributed by atoms with Crippen molar-refractivity contribution in [2.75, 3.05) is 32.7 Å². The highest BCUT2D eigenvalue weighted by Gasteiger charge is 2.22. The summed E-state index contributed by atoms with van der Waals surface area (Å²) in [5.74, 6) is -2.80. The highest BCUT2D eigenvalue weighted by Crippen LogP contribution is 1.97. The molecule has 0 aliphatic heterocycles. The number of carbonyl (C=O) groups excluding carboxylic acids is 5. The van der Waals surface area contributed by atoms with Gasteiger partial charge in [-0.2, -0.15) is 0 Å². The predicted molar refractivity (Wildman–Crippen MR) is 99.6 cm³/mol. The van der Waals surface area contributed by atoms with Crippen LogP contribution in [0.2, 0.25) is 0 Å². The number of rotatable bonds is 14. The van der Waals surface area contributed by atoms with E-state index in [0.29, 0.717) is 6.54 Å². The average molecular weight is 402 g/mol. The molecule has 0 spiro atoms. The summed E-state index contributed by atoms with van der Waals surface area (Å²) in [6.45, 7) is 3.16. The first-order chi connectivity index (χ1) is 13.1. The molecule has 0 heterocycles. The maximum absolute atomic E-state index is 12.2. The first-order valence-corrected chi connectivity index (χ1v) is 8.93. The molecule has 160 valence electrons. The lowest BCUT2D eigenvalue weighted by molar-refractivity contribution is -0.131. The van der Waals surface area contributed by atoms with Gasteiger partial charge in [0.05, 0.1) is 25.7 Å². The summed E-state index contributed by atoms with van der Waals surface area (Å²) in [4.78, 5) is 58.1. The van der Waals surface area contributed by atoms with Crippen molar-refractivity contribution >= 4 is 29.5 Å². The SMILES string of the molecule is CCNC(=O)CNC(=O)C(CCC(N)=O)NC(=O)CNC(=O)CNCC(C)O. The molecular weight excluding hydrogens is 372 g/mol. The first-order valence-electron chi connectivity index (χ1n) is 8.93.